The first kappa shape index (κ1) is 19.1. The van der Waals surface area contributed by atoms with Crippen molar-refractivity contribution in [2.24, 2.45) is 0 Å². The van der Waals surface area contributed by atoms with Crippen molar-refractivity contribution >= 4 is 60.9 Å². The van der Waals surface area contributed by atoms with Crippen LogP contribution in [0.5, 0.6) is 5.75 Å². The number of nitrogens with one attached hydrogen (secondary N) is 1. The summed E-state index contributed by atoms with van der Waals surface area (Å²) in [6, 6.07) is 27.7. The normalized spacial score (nSPS) is 11.4. The van der Waals surface area contributed by atoms with Gasteiger partial charge in [-0.05, 0) is 68.0 Å². The number of hydrogen-bond donors (Lipinski definition) is 3. The number of aromatic nitrogens is 3. The van der Waals surface area contributed by atoms with Crippen molar-refractivity contribution in [3.8, 4) is 5.75 Å². The van der Waals surface area contributed by atoms with E-state index < -0.39 is 0 Å². The Bertz CT molecular complexity index is 1660. The molecule has 0 spiro atoms. The molecule has 1 aromatic heterocycles. The van der Waals surface area contributed by atoms with Gasteiger partial charge >= 0.3 is 0 Å². The van der Waals surface area contributed by atoms with Gasteiger partial charge in [0.2, 0.25) is 17.8 Å². The zero-order valence-electron chi connectivity index (χ0n) is 17.6. The molecule has 7 nitrogen and oxygen atoms in total. The van der Waals surface area contributed by atoms with E-state index in [2.05, 4.69) is 87.0 Å². The van der Waals surface area contributed by atoms with E-state index in [1.807, 2.05) is 12.1 Å². The molecule has 0 fully saturated rings. The van der Waals surface area contributed by atoms with Gasteiger partial charge in [0.15, 0.2) is 6.73 Å². The maximum atomic E-state index is 6.04. The second-order valence-electron chi connectivity index (χ2n) is 7.88. The van der Waals surface area contributed by atoms with Crippen molar-refractivity contribution in [3.63, 3.8) is 0 Å². The van der Waals surface area contributed by atoms with Crippen LogP contribution in [-0.4, -0.2) is 21.7 Å². The second kappa shape index (κ2) is 7.49. The quantitative estimate of drug-likeness (QED) is 0.202. The third-order valence-electron chi connectivity index (χ3n) is 5.79. The number of rotatable bonds is 4. The van der Waals surface area contributed by atoms with Crippen molar-refractivity contribution in [1.29, 1.82) is 0 Å². The highest BCUT2D eigenvalue weighted by molar-refractivity contribution is 6.15. The van der Waals surface area contributed by atoms with E-state index in [0.29, 0.717) is 0 Å². The van der Waals surface area contributed by atoms with Gasteiger partial charge in [-0.3, -0.25) is 0 Å². The average Bonchev–Trinajstić information content (AvgIpc) is 2.81. The first-order chi connectivity index (χ1) is 16.1. The number of nitrogens with two attached hydrogens (primary N) is 2. The van der Waals surface area contributed by atoms with Crippen LogP contribution in [0.25, 0.3) is 43.1 Å². The lowest BCUT2D eigenvalue weighted by Crippen LogP contribution is -2.14. The Balaban J connectivity index is 1.42. The van der Waals surface area contributed by atoms with E-state index in [9.17, 15) is 0 Å². The number of anilines is 3. The van der Waals surface area contributed by atoms with E-state index in [1.54, 1.807) is 0 Å². The maximum absolute atomic E-state index is 6.04. The van der Waals surface area contributed by atoms with Crippen molar-refractivity contribution in [2.75, 3.05) is 23.5 Å². The average molecular weight is 432 g/mol. The Labute approximate surface area is 189 Å². The van der Waals surface area contributed by atoms with Crippen LogP contribution in [0.3, 0.4) is 0 Å². The number of benzene rings is 5. The van der Waals surface area contributed by atoms with Crippen molar-refractivity contribution in [2.45, 2.75) is 0 Å². The van der Waals surface area contributed by atoms with Crippen LogP contribution in [0.15, 0.2) is 78.9 Å². The summed E-state index contributed by atoms with van der Waals surface area (Å²) in [5.41, 5.74) is 11.3. The lowest BCUT2D eigenvalue weighted by Gasteiger charge is -2.13. The molecule has 0 amide bonds. The van der Waals surface area contributed by atoms with Gasteiger partial charge in [-0.1, -0.05) is 48.5 Å². The van der Waals surface area contributed by atoms with Crippen molar-refractivity contribution in [3.05, 3.63) is 78.9 Å². The predicted molar refractivity (Wildman–Crippen MR) is 134 cm³/mol. The fraction of sp³-hybridized carbons (Fsp3) is 0.0385. The molecular weight excluding hydrogens is 412 g/mol. The lowest BCUT2D eigenvalue weighted by molar-refractivity contribution is 0.350. The lowest BCUT2D eigenvalue weighted by atomic mass is 9.96. The van der Waals surface area contributed by atoms with E-state index in [4.69, 9.17) is 16.2 Å². The number of nitrogen functional groups attached to an aromatic ring is 2. The summed E-state index contributed by atoms with van der Waals surface area (Å²) in [6.45, 7) is 0.153. The molecule has 160 valence electrons. The number of hydrogen-bond acceptors (Lipinski definition) is 7. The van der Waals surface area contributed by atoms with Gasteiger partial charge in [0, 0.05) is 5.39 Å². The standard InChI is InChI=1S/C26H20N6O/c27-24-30-25(28)32-26(31-24)29-14-33-23-7-3-6-17-11-19-9-8-18-10-15-4-1-2-5-16(15)12-20(18)21(19)13-22(17)23/h1-13H,14H2,(H5,27,28,29,30,31,32). The molecule has 0 aliphatic carbocycles. The third-order valence-corrected chi connectivity index (χ3v) is 5.79. The fourth-order valence-corrected chi connectivity index (χ4v) is 4.29. The van der Waals surface area contributed by atoms with Gasteiger partial charge in [0.05, 0.1) is 0 Å². The van der Waals surface area contributed by atoms with Gasteiger partial charge in [-0.2, -0.15) is 15.0 Å². The summed E-state index contributed by atoms with van der Waals surface area (Å²) in [5, 5.41) is 12.4. The Morgan fingerprint density at radius 3 is 1.97 bits per heavy atom. The van der Waals surface area contributed by atoms with Gasteiger partial charge in [0.25, 0.3) is 0 Å². The minimum Gasteiger partial charge on any atom is -0.473 e. The molecule has 7 heteroatoms. The first-order valence-corrected chi connectivity index (χ1v) is 10.6. The van der Waals surface area contributed by atoms with E-state index >= 15 is 0 Å². The monoisotopic (exact) mass is 432 g/mol. The van der Waals surface area contributed by atoms with E-state index in [1.165, 1.54) is 32.3 Å². The summed E-state index contributed by atoms with van der Waals surface area (Å²) < 4.78 is 6.04. The molecule has 0 saturated heterocycles. The zero-order valence-corrected chi connectivity index (χ0v) is 17.6. The molecule has 0 bridgehead atoms. The molecule has 1 heterocycles. The van der Waals surface area contributed by atoms with Gasteiger partial charge in [0.1, 0.15) is 5.75 Å². The molecule has 0 atom stereocenters. The molecule has 6 rings (SSSR count). The highest BCUT2D eigenvalue weighted by atomic mass is 16.5. The van der Waals surface area contributed by atoms with E-state index in [-0.39, 0.29) is 24.6 Å². The molecule has 33 heavy (non-hydrogen) atoms. The Kier molecular flexibility index (Phi) is 4.33. The molecule has 0 aliphatic rings. The number of nitrogens with zero attached hydrogens (tertiary/aromatic N) is 3. The van der Waals surface area contributed by atoms with Gasteiger partial charge in [-0.15, -0.1) is 0 Å². The summed E-state index contributed by atoms with van der Waals surface area (Å²) in [7, 11) is 0. The van der Waals surface area contributed by atoms with Crippen LogP contribution in [0.1, 0.15) is 0 Å². The first-order valence-electron chi connectivity index (χ1n) is 10.6. The third kappa shape index (κ3) is 3.45. The van der Waals surface area contributed by atoms with Crippen LogP contribution in [0.4, 0.5) is 17.8 Å². The summed E-state index contributed by atoms with van der Waals surface area (Å²) in [6.07, 6.45) is 0. The topological polar surface area (TPSA) is 112 Å². The minimum atomic E-state index is 0.0565. The Morgan fingerprint density at radius 2 is 1.21 bits per heavy atom. The molecule has 6 aromatic rings. The summed E-state index contributed by atoms with van der Waals surface area (Å²) in [4.78, 5) is 11.8. The van der Waals surface area contributed by atoms with Crippen molar-refractivity contribution < 1.29 is 4.74 Å². The molecular formula is C26H20N6O. The van der Waals surface area contributed by atoms with Gasteiger partial charge < -0.3 is 21.5 Å². The SMILES string of the molecule is Nc1nc(N)nc(NCOc2cccc3cc4ccc5cc6ccccc6cc5c4cc23)n1. The van der Waals surface area contributed by atoms with Crippen LogP contribution >= 0.6 is 0 Å². The fourth-order valence-electron chi connectivity index (χ4n) is 4.29. The predicted octanol–water partition coefficient (Wildman–Crippen LogP) is 5.10. The van der Waals surface area contributed by atoms with Crippen molar-refractivity contribution in [1.82, 2.24) is 15.0 Å². The highest BCUT2D eigenvalue weighted by Crippen LogP contribution is 2.35. The molecule has 0 radical (unpaired) electrons. The maximum Gasteiger partial charge on any atom is 0.231 e. The Hall–Kier alpha value is -4.65. The minimum absolute atomic E-state index is 0.0565. The molecule has 0 saturated carbocycles. The van der Waals surface area contributed by atoms with Crippen LogP contribution in [0.2, 0.25) is 0 Å². The second-order valence-corrected chi connectivity index (χ2v) is 7.88. The number of ether oxygens (including phenoxy) is 1. The van der Waals surface area contributed by atoms with E-state index in [0.717, 1.165) is 16.5 Å². The largest absolute Gasteiger partial charge is 0.473 e. The van der Waals surface area contributed by atoms with Crippen LogP contribution < -0.4 is 21.5 Å². The van der Waals surface area contributed by atoms with Crippen LogP contribution in [-0.2, 0) is 0 Å². The Morgan fingerprint density at radius 1 is 0.606 bits per heavy atom. The number of fused-ring (bicyclic) bond motifs is 5. The summed E-state index contributed by atoms with van der Waals surface area (Å²) in [5.74, 6) is 1.14. The van der Waals surface area contributed by atoms with Gasteiger partial charge in [-0.25, -0.2) is 0 Å². The molecule has 5 N–H and O–H groups in total. The molecule has 0 unspecified atom stereocenters. The molecule has 0 aliphatic heterocycles. The molecule has 5 aromatic carbocycles. The van der Waals surface area contributed by atoms with Crippen LogP contribution in [0, 0.1) is 0 Å². The zero-order chi connectivity index (χ0) is 22.4. The smallest absolute Gasteiger partial charge is 0.231 e. The highest BCUT2D eigenvalue weighted by Gasteiger charge is 2.09. The summed E-state index contributed by atoms with van der Waals surface area (Å²) >= 11 is 0.